The molecule has 0 aliphatic carbocycles. The minimum atomic E-state index is -0.435. The zero-order valence-electron chi connectivity index (χ0n) is 14.6. The third kappa shape index (κ3) is 5.72. The number of carbonyl (C=O) groups is 1. The first-order chi connectivity index (χ1) is 13.1. The molecular weight excluding hydrogens is 372 g/mol. The summed E-state index contributed by atoms with van der Waals surface area (Å²) in [5.41, 5.74) is 0.421. The van der Waals surface area contributed by atoms with Gasteiger partial charge < -0.3 is 18.7 Å². The minimum Gasteiger partial charge on any atom is -0.490 e. The molecule has 0 fully saturated rings. The molecule has 0 N–H and O–H groups in total. The van der Waals surface area contributed by atoms with E-state index in [0.717, 1.165) is 0 Å². The molecule has 0 bridgehead atoms. The van der Waals surface area contributed by atoms with E-state index < -0.39 is 5.97 Å². The molecule has 140 valence electrons. The number of hydrogen-bond donors (Lipinski definition) is 0. The molecule has 1 aromatic heterocycles. The van der Waals surface area contributed by atoms with Crippen LogP contribution in [0.2, 0.25) is 5.02 Å². The highest BCUT2D eigenvalue weighted by molar-refractivity contribution is 6.30. The number of ether oxygens (including phenoxy) is 3. The van der Waals surface area contributed by atoms with Crippen LogP contribution in [0.5, 0.6) is 11.5 Å². The van der Waals surface area contributed by atoms with Crippen molar-refractivity contribution in [3.63, 3.8) is 0 Å². The molecule has 0 amide bonds. The molecule has 0 aliphatic rings. The molecule has 1 heterocycles. The fourth-order valence-corrected chi connectivity index (χ4v) is 2.27. The fraction of sp³-hybridized carbons (Fsp3) is 0.211. The quantitative estimate of drug-likeness (QED) is 0.428. The van der Waals surface area contributed by atoms with Gasteiger partial charge in [-0.1, -0.05) is 16.8 Å². The summed E-state index contributed by atoms with van der Waals surface area (Å²) in [4.78, 5) is 16.1. The van der Waals surface area contributed by atoms with E-state index >= 15 is 0 Å². The van der Waals surface area contributed by atoms with Crippen molar-refractivity contribution in [3.8, 4) is 11.5 Å². The normalized spacial score (nSPS) is 10.4. The van der Waals surface area contributed by atoms with Crippen molar-refractivity contribution < 1.29 is 23.5 Å². The van der Waals surface area contributed by atoms with Gasteiger partial charge in [0.1, 0.15) is 24.7 Å². The molecule has 3 aromatic rings. The molecule has 0 radical (unpaired) electrons. The number of benzene rings is 2. The van der Waals surface area contributed by atoms with Crippen molar-refractivity contribution in [2.75, 3.05) is 13.2 Å². The molecule has 0 saturated heterocycles. The van der Waals surface area contributed by atoms with Crippen LogP contribution >= 0.6 is 11.6 Å². The number of esters is 1. The van der Waals surface area contributed by atoms with Gasteiger partial charge in [0.15, 0.2) is 6.61 Å². The standard InChI is InChI=1S/C19H17ClN2O5/c1-13-21-18(22-27-13)12-26-17-6-2-14(3-7-17)19(23)25-11-10-24-16-8-4-15(20)5-9-16/h2-9H,10-12H2,1H3. The van der Waals surface area contributed by atoms with Crippen LogP contribution in [0.1, 0.15) is 22.1 Å². The first-order valence-corrected chi connectivity index (χ1v) is 8.55. The fourth-order valence-electron chi connectivity index (χ4n) is 2.14. The summed E-state index contributed by atoms with van der Waals surface area (Å²) in [7, 11) is 0. The molecule has 3 rings (SSSR count). The van der Waals surface area contributed by atoms with Crippen LogP contribution in [-0.4, -0.2) is 29.3 Å². The largest absolute Gasteiger partial charge is 0.490 e. The summed E-state index contributed by atoms with van der Waals surface area (Å²) in [6.07, 6.45) is 0. The van der Waals surface area contributed by atoms with Gasteiger partial charge in [-0.15, -0.1) is 0 Å². The van der Waals surface area contributed by atoms with Crippen LogP contribution in [0.4, 0.5) is 0 Å². The van der Waals surface area contributed by atoms with Crippen LogP contribution in [0.25, 0.3) is 0 Å². The molecular formula is C19H17ClN2O5. The second-order valence-electron chi connectivity index (χ2n) is 5.48. The van der Waals surface area contributed by atoms with E-state index in [1.807, 2.05) is 0 Å². The van der Waals surface area contributed by atoms with E-state index in [0.29, 0.717) is 33.8 Å². The number of nitrogens with zero attached hydrogens (tertiary/aromatic N) is 2. The molecule has 0 aliphatic heterocycles. The summed E-state index contributed by atoms with van der Waals surface area (Å²) < 4.78 is 21.0. The number of halogens is 1. The van der Waals surface area contributed by atoms with Crippen molar-refractivity contribution in [2.24, 2.45) is 0 Å². The smallest absolute Gasteiger partial charge is 0.338 e. The maximum atomic E-state index is 12.0. The highest BCUT2D eigenvalue weighted by Crippen LogP contribution is 2.16. The number of aryl methyl sites for hydroxylation is 1. The lowest BCUT2D eigenvalue weighted by Crippen LogP contribution is -2.12. The summed E-state index contributed by atoms with van der Waals surface area (Å²) in [5, 5.41) is 4.37. The van der Waals surface area contributed by atoms with Gasteiger partial charge >= 0.3 is 5.97 Å². The lowest BCUT2D eigenvalue weighted by molar-refractivity contribution is 0.0450. The number of hydrogen-bond acceptors (Lipinski definition) is 7. The van der Waals surface area contributed by atoms with Crippen molar-refractivity contribution in [1.29, 1.82) is 0 Å². The SMILES string of the molecule is Cc1nc(COc2ccc(C(=O)OCCOc3ccc(Cl)cc3)cc2)no1. The summed E-state index contributed by atoms with van der Waals surface area (Å²) in [6, 6.07) is 13.6. The Morgan fingerprint density at radius 2 is 1.67 bits per heavy atom. The Bertz CT molecular complexity index is 878. The molecule has 2 aromatic carbocycles. The van der Waals surface area contributed by atoms with Gasteiger partial charge in [-0.3, -0.25) is 0 Å². The molecule has 0 spiro atoms. The molecule has 7 nitrogen and oxygen atoms in total. The highest BCUT2D eigenvalue weighted by atomic mass is 35.5. The van der Waals surface area contributed by atoms with Gasteiger partial charge in [-0.25, -0.2) is 4.79 Å². The van der Waals surface area contributed by atoms with E-state index in [-0.39, 0.29) is 19.8 Å². The lowest BCUT2D eigenvalue weighted by atomic mass is 10.2. The van der Waals surface area contributed by atoms with Crippen molar-refractivity contribution >= 4 is 17.6 Å². The van der Waals surface area contributed by atoms with E-state index in [4.69, 9.17) is 30.3 Å². The second kappa shape index (κ2) is 9.05. The van der Waals surface area contributed by atoms with Crippen molar-refractivity contribution in [1.82, 2.24) is 10.1 Å². The Morgan fingerprint density at radius 3 is 2.33 bits per heavy atom. The van der Waals surface area contributed by atoms with Crippen molar-refractivity contribution in [2.45, 2.75) is 13.5 Å². The van der Waals surface area contributed by atoms with Crippen LogP contribution in [0.3, 0.4) is 0 Å². The average molecular weight is 389 g/mol. The maximum absolute atomic E-state index is 12.0. The summed E-state index contributed by atoms with van der Waals surface area (Å²) >= 11 is 5.80. The van der Waals surface area contributed by atoms with Gasteiger partial charge in [0, 0.05) is 11.9 Å². The zero-order chi connectivity index (χ0) is 19.1. The molecule has 0 saturated carbocycles. The first-order valence-electron chi connectivity index (χ1n) is 8.18. The zero-order valence-corrected chi connectivity index (χ0v) is 15.3. The van der Waals surface area contributed by atoms with E-state index in [1.165, 1.54) is 0 Å². The Morgan fingerprint density at radius 1 is 1.00 bits per heavy atom. The third-order valence-corrected chi connectivity index (χ3v) is 3.68. The molecule has 27 heavy (non-hydrogen) atoms. The van der Waals surface area contributed by atoms with Gasteiger partial charge in [0.05, 0.1) is 5.56 Å². The van der Waals surface area contributed by atoms with Gasteiger partial charge in [0.25, 0.3) is 0 Å². The van der Waals surface area contributed by atoms with Crippen LogP contribution in [0.15, 0.2) is 53.1 Å². The van der Waals surface area contributed by atoms with Crippen molar-refractivity contribution in [3.05, 3.63) is 70.8 Å². The average Bonchev–Trinajstić information content (AvgIpc) is 3.10. The van der Waals surface area contributed by atoms with Gasteiger partial charge in [-0.05, 0) is 48.5 Å². The predicted octanol–water partition coefficient (Wildman–Crippen LogP) is 3.85. The van der Waals surface area contributed by atoms with Crippen LogP contribution in [0, 0.1) is 6.92 Å². The molecule has 0 atom stereocenters. The predicted molar refractivity (Wildman–Crippen MR) is 97.0 cm³/mol. The van der Waals surface area contributed by atoms with E-state index in [9.17, 15) is 4.79 Å². The summed E-state index contributed by atoms with van der Waals surface area (Å²) in [5.74, 6) is 1.74. The Balaban J connectivity index is 1.41. The topological polar surface area (TPSA) is 83.7 Å². The minimum absolute atomic E-state index is 0.136. The number of aromatic nitrogens is 2. The van der Waals surface area contributed by atoms with E-state index in [1.54, 1.807) is 55.5 Å². The monoisotopic (exact) mass is 388 g/mol. The number of rotatable bonds is 8. The first kappa shape index (κ1) is 18.7. The Hall–Kier alpha value is -3.06. The van der Waals surface area contributed by atoms with E-state index in [2.05, 4.69) is 10.1 Å². The maximum Gasteiger partial charge on any atom is 0.338 e. The highest BCUT2D eigenvalue weighted by Gasteiger charge is 2.08. The second-order valence-corrected chi connectivity index (χ2v) is 5.92. The molecule has 8 heteroatoms. The van der Waals surface area contributed by atoms with Gasteiger partial charge in [0.2, 0.25) is 11.7 Å². The van der Waals surface area contributed by atoms with Gasteiger partial charge in [-0.2, -0.15) is 4.98 Å². The lowest BCUT2D eigenvalue weighted by Gasteiger charge is -2.08. The Labute approximate surface area is 160 Å². The van der Waals surface area contributed by atoms with Crippen LogP contribution < -0.4 is 9.47 Å². The number of carbonyl (C=O) groups excluding carboxylic acids is 1. The van der Waals surface area contributed by atoms with Crippen LogP contribution in [-0.2, 0) is 11.3 Å². The third-order valence-electron chi connectivity index (χ3n) is 3.43. The summed E-state index contributed by atoms with van der Waals surface area (Å²) in [6.45, 7) is 2.27. The molecule has 0 unspecified atom stereocenters. The Kier molecular flexibility index (Phi) is 6.27.